The van der Waals surface area contributed by atoms with E-state index in [0.29, 0.717) is 19.4 Å². The third-order valence-corrected chi connectivity index (χ3v) is 3.29. The van der Waals surface area contributed by atoms with E-state index in [2.05, 4.69) is 5.32 Å². The zero-order valence-electron chi connectivity index (χ0n) is 9.68. The lowest BCUT2D eigenvalue weighted by atomic mass is 9.75. The van der Waals surface area contributed by atoms with Crippen LogP contribution in [0.15, 0.2) is 0 Å². The van der Waals surface area contributed by atoms with E-state index in [9.17, 15) is 9.90 Å². The number of amides is 1. The van der Waals surface area contributed by atoms with Crippen molar-refractivity contribution in [3.8, 4) is 0 Å². The Hall–Kier alpha value is -0.610. The van der Waals surface area contributed by atoms with E-state index in [1.54, 1.807) is 6.92 Å². The van der Waals surface area contributed by atoms with Crippen LogP contribution in [0, 0.1) is 0 Å². The second-order valence-corrected chi connectivity index (χ2v) is 5.02. The van der Waals surface area contributed by atoms with Crippen LogP contribution in [0.5, 0.6) is 0 Å². The molecule has 0 spiro atoms. The average molecular weight is 214 g/mol. The first-order valence-electron chi connectivity index (χ1n) is 5.65. The molecule has 1 rings (SSSR count). The van der Waals surface area contributed by atoms with Gasteiger partial charge in [0.1, 0.15) is 0 Å². The standard InChI is InChI=1S/C11H22N2O2/c1-3-10(2,15)8-13-9(14)7-11(12)5-4-6-11/h15H,3-8,12H2,1-2H3,(H,13,14). The van der Waals surface area contributed by atoms with Crippen molar-refractivity contribution in [3.63, 3.8) is 0 Å². The highest BCUT2D eigenvalue weighted by Gasteiger charge is 2.34. The number of hydrogen-bond donors (Lipinski definition) is 3. The quantitative estimate of drug-likeness (QED) is 0.625. The number of rotatable bonds is 5. The molecule has 0 saturated heterocycles. The van der Waals surface area contributed by atoms with Crippen molar-refractivity contribution in [2.45, 2.75) is 57.1 Å². The minimum absolute atomic E-state index is 0.0501. The molecule has 1 atom stereocenters. The molecule has 1 aliphatic carbocycles. The van der Waals surface area contributed by atoms with Crippen LogP contribution in [0.3, 0.4) is 0 Å². The van der Waals surface area contributed by atoms with Crippen LogP contribution in [0.2, 0.25) is 0 Å². The smallest absolute Gasteiger partial charge is 0.221 e. The summed E-state index contributed by atoms with van der Waals surface area (Å²) in [4.78, 5) is 11.5. The molecule has 0 aliphatic heterocycles. The van der Waals surface area contributed by atoms with Gasteiger partial charge in [0, 0.05) is 18.5 Å². The Morgan fingerprint density at radius 2 is 2.20 bits per heavy atom. The normalized spacial score (nSPS) is 22.7. The summed E-state index contributed by atoms with van der Waals surface area (Å²) < 4.78 is 0. The van der Waals surface area contributed by atoms with Crippen molar-refractivity contribution in [1.29, 1.82) is 0 Å². The van der Waals surface area contributed by atoms with Crippen LogP contribution in [0.25, 0.3) is 0 Å². The predicted molar refractivity (Wildman–Crippen MR) is 59.3 cm³/mol. The molecule has 88 valence electrons. The molecule has 1 saturated carbocycles. The first kappa shape index (κ1) is 12.5. The molecule has 15 heavy (non-hydrogen) atoms. The molecule has 1 unspecified atom stereocenters. The van der Waals surface area contributed by atoms with Crippen molar-refractivity contribution in [2.24, 2.45) is 5.73 Å². The lowest BCUT2D eigenvalue weighted by Gasteiger charge is -2.37. The lowest BCUT2D eigenvalue weighted by Crippen LogP contribution is -2.51. The number of carbonyl (C=O) groups excluding carboxylic acids is 1. The Balaban J connectivity index is 2.24. The molecule has 0 radical (unpaired) electrons. The first-order chi connectivity index (χ1) is 6.87. The fraction of sp³-hybridized carbons (Fsp3) is 0.909. The Bertz CT molecular complexity index is 235. The van der Waals surface area contributed by atoms with Gasteiger partial charge < -0.3 is 16.2 Å². The van der Waals surface area contributed by atoms with Crippen molar-refractivity contribution < 1.29 is 9.90 Å². The van der Waals surface area contributed by atoms with E-state index in [1.165, 1.54) is 0 Å². The second kappa shape index (κ2) is 4.49. The highest BCUT2D eigenvalue weighted by Crippen LogP contribution is 2.31. The Morgan fingerprint density at radius 3 is 2.60 bits per heavy atom. The van der Waals surface area contributed by atoms with Gasteiger partial charge in [-0.1, -0.05) is 6.92 Å². The molecule has 0 aromatic carbocycles. The molecule has 4 N–H and O–H groups in total. The van der Waals surface area contributed by atoms with Crippen molar-refractivity contribution in [2.75, 3.05) is 6.54 Å². The number of nitrogens with one attached hydrogen (secondary N) is 1. The Morgan fingerprint density at radius 1 is 1.60 bits per heavy atom. The monoisotopic (exact) mass is 214 g/mol. The summed E-state index contributed by atoms with van der Waals surface area (Å²) in [5, 5.41) is 12.4. The van der Waals surface area contributed by atoms with Crippen LogP contribution >= 0.6 is 0 Å². The Kier molecular flexibility index (Phi) is 3.73. The van der Waals surface area contributed by atoms with Gasteiger partial charge in [-0.2, -0.15) is 0 Å². The number of hydrogen-bond acceptors (Lipinski definition) is 3. The second-order valence-electron chi connectivity index (χ2n) is 5.02. The molecule has 1 amide bonds. The summed E-state index contributed by atoms with van der Waals surface area (Å²) in [6.45, 7) is 3.91. The molecule has 1 fully saturated rings. The SMILES string of the molecule is CCC(C)(O)CNC(=O)CC1(N)CCC1. The third-order valence-electron chi connectivity index (χ3n) is 3.29. The van der Waals surface area contributed by atoms with Crippen LogP contribution in [-0.2, 0) is 4.79 Å². The van der Waals surface area contributed by atoms with Crippen LogP contribution < -0.4 is 11.1 Å². The number of aliphatic hydroxyl groups is 1. The van der Waals surface area contributed by atoms with E-state index >= 15 is 0 Å². The molecule has 1 aliphatic rings. The molecule has 0 bridgehead atoms. The van der Waals surface area contributed by atoms with Gasteiger partial charge in [-0.25, -0.2) is 0 Å². The van der Waals surface area contributed by atoms with Crippen molar-refractivity contribution in [3.05, 3.63) is 0 Å². The largest absolute Gasteiger partial charge is 0.388 e. The van der Waals surface area contributed by atoms with Gasteiger partial charge in [-0.15, -0.1) is 0 Å². The molecular formula is C11H22N2O2. The third kappa shape index (κ3) is 3.80. The fourth-order valence-corrected chi connectivity index (χ4v) is 1.60. The summed E-state index contributed by atoms with van der Waals surface area (Å²) in [5.41, 5.74) is 4.87. The van der Waals surface area contributed by atoms with E-state index in [-0.39, 0.29) is 11.4 Å². The van der Waals surface area contributed by atoms with Crippen LogP contribution in [0.1, 0.15) is 46.0 Å². The predicted octanol–water partition coefficient (Wildman–Crippen LogP) is 0.535. The highest BCUT2D eigenvalue weighted by molar-refractivity contribution is 5.77. The van der Waals surface area contributed by atoms with E-state index < -0.39 is 5.60 Å². The van der Waals surface area contributed by atoms with Gasteiger partial charge in [0.05, 0.1) is 5.60 Å². The van der Waals surface area contributed by atoms with Crippen molar-refractivity contribution in [1.82, 2.24) is 5.32 Å². The molecule has 0 heterocycles. The maximum atomic E-state index is 11.5. The molecule has 4 heteroatoms. The average Bonchev–Trinajstić information content (AvgIpc) is 2.13. The first-order valence-corrected chi connectivity index (χ1v) is 5.65. The summed E-state index contributed by atoms with van der Waals surface area (Å²) in [7, 11) is 0. The molecular weight excluding hydrogens is 192 g/mol. The van der Waals surface area contributed by atoms with Gasteiger partial charge in [-0.05, 0) is 32.6 Å². The zero-order chi connectivity index (χ0) is 11.5. The summed E-state index contributed by atoms with van der Waals surface area (Å²) in [6, 6.07) is 0. The highest BCUT2D eigenvalue weighted by atomic mass is 16.3. The van der Waals surface area contributed by atoms with E-state index in [1.807, 2.05) is 6.92 Å². The maximum Gasteiger partial charge on any atom is 0.221 e. The van der Waals surface area contributed by atoms with Crippen LogP contribution in [-0.4, -0.2) is 28.7 Å². The van der Waals surface area contributed by atoms with Gasteiger partial charge in [0.15, 0.2) is 0 Å². The van der Waals surface area contributed by atoms with Gasteiger partial charge in [0.25, 0.3) is 0 Å². The summed E-state index contributed by atoms with van der Waals surface area (Å²) >= 11 is 0. The van der Waals surface area contributed by atoms with Gasteiger partial charge in [-0.3, -0.25) is 4.79 Å². The van der Waals surface area contributed by atoms with E-state index in [4.69, 9.17) is 5.73 Å². The van der Waals surface area contributed by atoms with Crippen LogP contribution in [0.4, 0.5) is 0 Å². The Labute approximate surface area is 91.2 Å². The lowest BCUT2D eigenvalue weighted by molar-refractivity contribution is -0.124. The summed E-state index contributed by atoms with van der Waals surface area (Å²) in [5.74, 6) is -0.0501. The topological polar surface area (TPSA) is 75.3 Å². The molecule has 0 aromatic heterocycles. The maximum absolute atomic E-state index is 11.5. The number of carbonyl (C=O) groups is 1. The molecule has 4 nitrogen and oxygen atoms in total. The van der Waals surface area contributed by atoms with Crippen molar-refractivity contribution >= 4 is 5.91 Å². The minimum Gasteiger partial charge on any atom is -0.388 e. The molecule has 0 aromatic rings. The van der Waals surface area contributed by atoms with E-state index in [0.717, 1.165) is 19.3 Å². The summed E-state index contributed by atoms with van der Waals surface area (Å²) in [6.07, 6.45) is 4.00. The van der Waals surface area contributed by atoms with Gasteiger partial charge >= 0.3 is 0 Å². The minimum atomic E-state index is -0.808. The number of nitrogens with two attached hydrogens (primary N) is 1. The van der Waals surface area contributed by atoms with Gasteiger partial charge in [0.2, 0.25) is 5.91 Å². The zero-order valence-corrected chi connectivity index (χ0v) is 9.68. The fourth-order valence-electron chi connectivity index (χ4n) is 1.60.